The minimum Gasteiger partial charge on any atom is -0.135 e. The maximum Gasteiger partial charge on any atom is 0.0366 e. The zero-order chi connectivity index (χ0) is 26.0. The van der Waals surface area contributed by atoms with E-state index in [0.29, 0.717) is 0 Å². The zero-order valence-electron chi connectivity index (χ0n) is 23.2. The molecule has 1 heterocycles. The molecule has 2 heteroatoms. The van der Waals surface area contributed by atoms with Crippen molar-refractivity contribution >= 4 is 47.4 Å². The lowest BCUT2D eigenvalue weighted by molar-refractivity contribution is 0.266. The summed E-state index contributed by atoms with van der Waals surface area (Å²) in [5.41, 5.74) is 6.35. The molecule has 0 saturated heterocycles. The lowest BCUT2D eigenvalue weighted by Gasteiger charge is -2.38. The monoisotopic (exact) mass is 574 g/mol. The van der Waals surface area contributed by atoms with Crippen molar-refractivity contribution in [2.45, 2.75) is 97.3 Å². The molecule has 0 amide bonds. The number of rotatable bonds is 12. The van der Waals surface area contributed by atoms with Crippen LogP contribution in [0.4, 0.5) is 0 Å². The highest BCUT2D eigenvalue weighted by molar-refractivity contribution is 9.10. The first-order valence-corrected chi connectivity index (χ1v) is 16.4. The molecule has 5 rings (SSSR count). The van der Waals surface area contributed by atoms with E-state index >= 15 is 0 Å². The molecule has 37 heavy (non-hydrogen) atoms. The van der Waals surface area contributed by atoms with Gasteiger partial charge in [0.2, 0.25) is 0 Å². The summed E-state index contributed by atoms with van der Waals surface area (Å²) in [6.07, 6.45) is 13.1. The Morgan fingerprint density at radius 1 is 0.703 bits per heavy atom. The van der Waals surface area contributed by atoms with E-state index in [0.717, 1.165) is 11.8 Å². The third kappa shape index (κ3) is 5.06. The van der Waals surface area contributed by atoms with Gasteiger partial charge >= 0.3 is 0 Å². The van der Waals surface area contributed by atoms with Crippen molar-refractivity contribution in [1.29, 1.82) is 0 Å². The Balaban J connectivity index is 1.73. The molecule has 0 fully saturated rings. The van der Waals surface area contributed by atoms with E-state index in [1.165, 1.54) is 100.0 Å². The summed E-state index contributed by atoms with van der Waals surface area (Å²) in [7, 11) is 0. The number of benzene rings is 3. The third-order valence-electron chi connectivity index (χ3n) is 9.18. The standard InChI is InChI=1S/C35H43BrS/c1-5-9-13-24(7-3)22-35(23-25(8-4)14-10-6-2)31-16-12-11-15-27(31)29-21-34-30(20-32(29)35)28-18-17-26(36)19-33(28)37-34/h11-12,15-21,24-25H,5-10,13-14,22-23H2,1-4H3. The van der Waals surface area contributed by atoms with E-state index in [2.05, 4.69) is 98.2 Å². The first kappa shape index (κ1) is 26.9. The summed E-state index contributed by atoms with van der Waals surface area (Å²) in [6.45, 7) is 9.55. The Hall–Kier alpha value is -1.64. The second-order valence-electron chi connectivity index (χ2n) is 11.5. The Kier molecular flexibility index (Phi) is 8.46. The molecule has 3 aromatic carbocycles. The van der Waals surface area contributed by atoms with Crippen molar-refractivity contribution in [3.8, 4) is 11.1 Å². The van der Waals surface area contributed by atoms with Gasteiger partial charge in [-0.2, -0.15) is 0 Å². The Morgan fingerprint density at radius 2 is 1.35 bits per heavy atom. The molecule has 1 aliphatic rings. The van der Waals surface area contributed by atoms with Crippen LogP contribution < -0.4 is 0 Å². The largest absolute Gasteiger partial charge is 0.135 e. The highest BCUT2D eigenvalue weighted by Crippen LogP contribution is 2.57. The fourth-order valence-electron chi connectivity index (χ4n) is 7.09. The first-order chi connectivity index (χ1) is 18.0. The van der Waals surface area contributed by atoms with Gasteiger partial charge in [-0.05, 0) is 71.2 Å². The second kappa shape index (κ2) is 11.6. The number of hydrogen-bond donors (Lipinski definition) is 0. The normalized spacial score (nSPS) is 18.3. The molecular weight excluding hydrogens is 532 g/mol. The Morgan fingerprint density at radius 3 is 2.00 bits per heavy atom. The molecule has 0 bridgehead atoms. The maximum atomic E-state index is 3.70. The fourth-order valence-corrected chi connectivity index (χ4v) is 8.77. The van der Waals surface area contributed by atoms with Crippen LogP contribution in [0.15, 0.2) is 59.1 Å². The molecule has 0 nitrogen and oxygen atoms in total. The molecule has 1 aliphatic carbocycles. The maximum absolute atomic E-state index is 3.70. The van der Waals surface area contributed by atoms with E-state index in [-0.39, 0.29) is 5.41 Å². The molecule has 1 aromatic heterocycles. The molecule has 4 aromatic rings. The highest BCUT2D eigenvalue weighted by atomic mass is 79.9. The predicted octanol–water partition coefficient (Wildman–Crippen LogP) is 12.3. The predicted molar refractivity (Wildman–Crippen MR) is 169 cm³/mol. The van der Waals surface area contributed by atoms with Crippen LogP contribution in [0.25, 0.3) is 31.3 Å². The number of fused-ring (bicyclic) bond motifs is 6. The van der Waals surface area contributed by atoms with Gasteiger partial charge in [0, 0.05) is 30.1 Å². The summed E-state index contributed by atoms with van der Waals surface area (Å²) < 4.78 is 3.98. The van der Waals surface area contributed by atoms with Gasteiger partial charge in [-0.15, -0.1) is 11.3 Å². The van der Waals surface area contributed by atoms with Crippen LogP contribution in [-0.2, 0) is 5.41 Å². The van der Waals surface area contributed by atoms with Gasteiger partial charge in [-0.25, -0.2) is 0 Å². The van der Waals surface area contributed by atoms with E-state index in [1.54, 1.807) is 11.1 Å². The molecule has 0 spiro atoms. The topological polar surface area (TPSA) is 0 Å². The van der Waals surface area contributed by atoms with Crippen molar-refractivity contribution in [1.82, 2.24) is 0 Å². The van der Waals surface area contributed by atoms with Crippen molar-refractivity contribution in [2.24, 2.45) is 11.8 Å². The van der Waals surface area contributed by atoms with E-state index in [4.69, 9.17) is 0 Å². The van der Waals surface area contributed by atoms with Crippen molar-refractivity contribution in [2.75, 3.05) is 0 Å². The van der Waals surface area contributed by atoms with Crippen molar-refractivity contribution in [3.05, 3.63) is 70.2 Å². The van der Waals surface area contributed by atoms with Crippen LogP contribution in [0.2, 0.25) is 0 Å². The summed E-state index contributed by atoms with van der Waals surface area (Å²) in [5.74, 6) is 1.54. The average molecular weight is 576 g/mol. The van der Waals surface area contributed by atoms with Crippen LogP contribution >= 0.6 is 27.3 Å². The molecule has 196 valence electrons. The number of unbranched alkanes of at least 4 members (excludes halogenated alkanes) is 2. The van der Waals surface area contributed by atoms with E-state index in [9.17, 15) is 0 Å². The quantitative estimate of drug-likeness (QED) is 0.158. The van der Waals surface area contributed by atoms with Gasteiger partial charge in [0.1, 0.15) is 0 Å². The molecule has 0 radical (unpaired) electrons. The van der Waals surface area contributed by atoms with Crippen LogP contribution in [0.1, 0.15) is 103 Å². The van der Waals surface area contributed by atoms with Crippen LogP contribution in [0.3, 0.4) is 0 Å². The Labute approximate surface area is 237 Å². The van der Waals surface area contributed by atoms with Crippen molar-refractivity contribution in [3.63, 3.8) is 0 Å². The molecule has 0 saturated carbocycles. The smallest absolute Gasteiger partial charge is 0.0366 e. The van der Waals surface area contributed by atoms with Gasteiger partial charge in [0.05, 0.1) is 0 Å². The molecule has 0 N–H and O–H groups in total. The molecule has 2 atom stereocenters. The lowest BCUT2D eigenvalue weighted by atomic mass is 9.65. The summed E-state index contributed by atoms with van der Waals surface area (Å²) in [6, 6.07) is 21.5. The van der Waals surface area contributed by atoms with E-state index in [1.807, 2.05) is 11.3 Å². The summed E-state index contributed by atoms with van der Waals surface area (Å²) in [5, 5.41) is 2.86. The average Bonchev–Trinajstić information content (AvgIpc) is 3.40. The SMILES string of the molecule is CCCCC(CC)CC1(CC(CC)CCCC)c2ccccc2-c2cc3sc4cc(Br)ccc4c3cc21. The number of hydrogen-bond acceptors (Lipinski definition) is 1. The first-order valence-electron chi connectivity index (χ1n) is 14.8. The number of halogens is 1. The third-order valence-corrected chi connectivity index (χ3v) is 10.8. The zero-order valence-corrected chi connectivity index (χ0v) is 25.6. The van der Waals surface area contributed by atoms with Crippen LogP contribution in [0.5, 0.6) is 0 Å². The van der Waals surface area contributed by atoms with Gasteiger partial charge in [0.25, 0.3) is 0 Å². The fraction of sp³-hybridized carbons (Fsp3) is 0.486. The van der Waals surface area contributed by atoms with E-state index < -0.39 is 0 Å². The van der Waals surface area contributed by atoms with Gasteiger partial charge in [-0.3, -0.25) is 0 Å². The minimum atomic E-state index is 0.118. The van der Waals surface area contributed by atoms with Crippen LogP contribution in [-0.4, -0.2) is 0 Å². The highest BCUT2D eigenvalue weighted by Gasteiger charge is 2.45. The van der Waals surface area contributed by atoms with Gasteiger partial charge in [-0.1, -0.05) is 125 Å². The van der Waals surface area contributed by atoms with Crippen molar-refractivity contribution < 1.29 is 0 Å². The van der Waals surface area contributed by atoms with Gasteiger partial charge < -0.3 is 0 Å². The minimum absolute atomic E-state index is 0.118. The Bertz CT molecular complexity index is 1340. The van der Waals surface area contributed by atoms with Crippen LogP contribution in [0, 0.1) is 11.8 Å². The molecular formula is C35H43BrS. The summed E-state index contributed by atoms with van der Waals surface area (Å²) >= 11 is 5.65. The summed E-state index contributed by atoms with van der Waals surface area (Å²) in [4.78, 5) is 0. The lowest BCUT2D eigenvalue weighted by Crippen LogP contribution is -2.31. The molecule has 0 aliphatic heterocycles. The molecule has 2 unspecified atom stereocenters. The van der Waals surface area contributed by atoms with Gasteiger partial charge in [0.15, 0.2) is 0 Å². The number of thiophene rings is 1. The second-order valence-corrected chi connectivity index (χ2v) is 13.5.